The predicted molar refractivity (Wildman–Crippen MR) is 133 cm³/mol. The first-order valence-electron chi connectivity index (χ1n) is 10.5. The zero-order valence-electron chi connectivity index (χ0n) is 19.0. The van der Waals surface area contributed by atoms with E-state index in [0.29, 0.717) is 28.7 Å². The first-order valence-corrected chi connectivity index (χ1v) is 11.4. The van der Waals surface area contributed by atoms with Gasteiger partial charge in [0.2, 0.25) is 5.91 Å². The molecule has 0 spiro atoms. The molecule has 0 bridgehead atoms. The van der Waals surface area contributed by atoms with Crippen LogP contribution in [0.1, 0.15) is 30.7 Å². The number of aryl methyl sites for hydroxylation is 2. The Morgan fingerprint density at radius 3 is 1.91 bits per heavy atom. The molecular formula is C25H26N4O3S. The van der Waals surface area contributed by atoms with E-state index in [0.717, 1.165) is 11.1 Å². The number of para-hydroxylation sites is 2. The summed E-state index contributed by atoms with van der Waals surface area (Å²) in [4.78, 5) is 44.1. The van der Waals surface area contributed by atoms with Crippen molar-refractivity contribution in [1.29, 1.82) is 0 Å². The van der Waals surface area contributed by atoms with E-state index in [2.05, 4.69) is 15.6 Å². The molecule has 170 valence electrons. The second-order valence-electron chi connectivity index (χ2n) is 7.41. The number of aromatic nitrogens is 1. The van der Waals surface area contributed by atoms with Crippen molar-refractivity contribution in [2.75, 3.05) is 22.1 Å². The Labute approximate surface area is 197 Å². The van der Waals surface area contributed by atoms with Gasteiger partial charge in [0.15, 0.2) is 5.13 Å². The van der Waals surface area contributed by atoms with Crippen LogP contribution < -0.4 is 15.5 Å². The van der Waals surface area contributed by atoms with Gasteiger partial charge in [0.1, 0.15) is 5.57 Å². The normalized spacial score (nSPS) is 10.3. The van der Waals surface area contributed by atoms with Crippen molar-refractivity contribution in [1.82, 2.24) is 4.98 Å². The number of carbonyl (C=O) groups is 3. The molecule has 33 heavy (non-hydrogen) atoms. The minimum atomic E-state index is -0.552. The van der Waals surface area contributed by atoms with Crippen molar-refractivity contribution >= 4 is 51.6 Å². The third-order valence-electron chi connectivity index (χ3n) is 5.01. The molecule has 0 saturated heterocycles. The Kier molecular flexibility index (Phi) is 7.74. The number of nitrogens with one attached hydrogen (secondary N) is 2. The van der Waals surface area contributed by atoms with Crippen molar-refractivity contribution in [3.05, 3.63) is 76.3 Å². The molecule has 3 aromatic rings. The molecule has 0 fully saturated rings. The minimum absolute atomic E-state index is 0.0933. The lowest BCUT2D eigenvalue weighted by Crippen LogP contribution is -2.27. The Balaban J connectivity index is 1.96. The molecule has 8 heteroatoms. The van der Waals surface area contributed by atoms with Crippen LogP contribution in [0.3, 0.4) is 0 Å². The number of hydrogen-bond acceptors (Lipinski definition) is 5. The van der Waals surface area contributed by atoms with Crippen molar-refractivity contribution < 1.29 is 14.4 Å². The largest absolute Gasteiger partial charge is 0.322 e. The van der Waals surface area contributed by atoms with E-state index in [9.17, 15) is 14.4 Å². The third kappa shape index (κ3) is 5.93. The lowest BCUT2D eigenvalue weighted by molar-refractivity contribution is -0.118. The van der Waals surface area contributed by atoms with E-state index in [-0.39, 0.29) is 11.5 Å². The van der Waals surface area contributed by atoms with Crippen molar-refractivity contribution in [3.63, 3.8) is 0 Å². The van der Waals surface area contributed by atoms with Gasteiger partial charge in [-0.3, -0.25) is 19.3 Å². The highest BCUT2D eigenvalue weighted by Gasteiger charge is 2.21. The summed E-state index contributed by atoms with van der Waals surface area (Å²) in [5.41, 5.74) is 3.31. The van der Waals surface area contributed by atoms with Crippen LogP contribution in [-0.4, -0.2) is 29.3 Å². The van der Waals surface area contributed by atoms with Crippen molar-refractivity contribution in [3.8, 4) is 0 Å². The SMILES string of the molecule is CCN(C(C)=O)c1nc(C=C(C(=O)Nc2ccccc2C)C(=O)Nc2ccccc2C)cs1. The smallest absolute Gasteiger partial charge is 0.261 e. The molecule has 0 unspecified atom stereocenters. The molecule has 0 radical (unpaired) electrons. The monoisotopic (exact) mass is 462 g/mol. The first-order chi connectivity index (χ1) is 15.8. The Hall–Kier alpha value is -3.78. The molecule has 7 nitrogen and oxygen atoms in total. The third-order valence-corrected chi connectivity index (χ3v) is 5.89. The Morgan fingerprint density at radius 2 is 1.45 bits per heavy atom. The summed E-state index contributed by atoms with van der Waals surface area (Å²) in [6, 6.07) is 14.7. The first kappa shape index (κ1) is 23.9. The average Bonchev–Trinajstić information content (AvgIpc) is 3.23. The maximum Gasteiger partial charge on any atom is 0.261 e. The number of anilines is 3. The highest BCUT2D eigenvalue weighted by atomic mass is 32.1. The number of thiazole rings is 1. The minimum Gasteiger partial charge on any atom is -0.322 e. The van der Waals surface area contributed by atoms with Crippen LogP contribution in [-0.2, 0) is 14.4 Å². The number of hydrogen-bond donors (Lipinski definition) is 2. The summed E-state index contributed by atoms with van der Waals surface area (Å²) >= 11 is 1.27. The van der Waals surface area contributed by atoms with Gasteiger partial charge in [0, 0.05) is 30.2 Å². The van der Waals surface area contributed by atoms with Crippen molar-refractivity contribution in [2.24, 2.45) is 0 Å². The molecule has 3 amide bonds. The maximum absolute atomic E-state index is 13.2. The van der Waals surface area contributed by atoms with Crippen LogP contribution in [0.2, 0.25) is 0 Å². The summed E-state index contributed by atoms with van der Waals surface area (Å²) in [5.74, 6) is -1.23. The van der Waals surface area contributed by atoms with Gasteiger partial charge in [0.05, 0.1) is 5.69 Å². The molecule has 0 saturated carbocycles. The van der Waals surface area contributed by atoms with Gasteiger partial charge in [-0.2, -0.15) is 0 Å². The molecular weight excluding hydrogens is 436 g/mol. The highest BCUT2D eigenvalue weighted by molar-refractivity contribution is 7.14. The Bertz CT molecular complexity index is 1150. The topological polar surface area (TPSA) is 91.4 Å². The lowest BCUT2D eigenvalue weighted by atomic mass is 10.1. The zero-order valence-corrected chi connectivity index (χ0v) is 19.8. The summed E-state index contributed by atoms with van der Waals surface area (Å²) < 4.78 is 0. The molecule has 2 aromatic carbocycles. The van der Waals surface area contributed by atoms with Crippen LogP contribution in [0.15, 0.2) is 59.5 Å². The van der Waals surface area contributed by atoms with Gasteiger partial charge >= 0.3 is 0 Å². The predicted octanol–water partition coefficient (Wildman–Crippen LogP) is 4.79. The fraction of sp³-hybridized carbons (Fsp3) is 0.200. The van der Waals surface area contributed by atoms with Crippen LogP contribution in [0.4, 0.5) is 16.5 Å². The summed E-state index contributed by atoms with van der Waals surface area (Å²) in [5, 5.41) is 7.85. The molecule has 1 aromatic heterocycles. The molecule has 0 atom stereocenters. The molecule has 3 rings (SSSR count). The van der Waals surface area contributed by atoms with Crippen LogP contribution in [0.5, 0.6) is 0 Å². The molecule has 0 aliphatic rings. The van der Waals surface area contributed by atoms with Gasteiger partial charge in [-0.05, 0) is 50.1 Å². The number of nitrogens with zero attached hydrogens (tertiary/aromatic N) is 2. The molecule has 2 N–H and O–H groups in total. The van der Waals surface area contributed by atoms with Crippen molar-refractivity contribution in [2.45, 2.75) is 27.7 Å². The number of benzene rings is 2. The number of rotatable bonds is 7. The van der Waals surface area contributed by atoms with E-state index in [1.807, 2.05) is 57.2 Å². The second-order valence-corrected chi connectivity index (χ2v) is 8.25. The standard InChI is InChI=1S/C25H26N4O3S/c1-5-29(18(4)30)25-26-19(15-33-25)14-20(23(31)27-21-12-8-6-10-16(21)2)24(32)28-22-13-9-7-11-17(22)3/h6-15H,5H2,1-4H3,(H,27,31)(H,28,32). The highest BCUT2D eigenvalue weighted by Crippen LogP contribution is 2.24. The number of carbonyl (C=O) groups excluding carboxylic acids is 3. The van der Waals surface area contributed by atoms with E-state index in [1.54, 1.807) is 17.5 Å². The van der Waals surface area contributed by atoms with Gasteiger partial charge in [0.25, 0.3) is 11.8 Å². The number of amides is 3. The summed E-state index contributed by atoms with van der Waals surface area (Å²) in [6.07, 6.45) is 1.44. The maximum atomic E-state index is 13.2. The molecule has 1 heterocycles. The van der Waals surface area contributed by atoms with Gasteiger partial charge in [-0.1, -0.05) is 36.4 Å². The summed E-state index contributed by atoms with van der Waals surface area (Å²) in [6.45, 7) is 7.55. The lowest BCUT2D eigenvalue weighted by Gasteiger charge is -2.14. The Morgan fingerprint density at radius 1 is 0.939 bits per heavy atom. The molecule has 0 aliphatic heterocycles. The second kappa shape index (κ2) is 10.7. The van der Waals surface area contributed by atoms with Gasteiger partial charge < -0.3 is 10.6 Å². The van der Waals surface area contributed by atoms with E-state index < -0.39 is 11.8 Å². The van der Waals surface area contributed by atoms with Gasteiger partial charge in [-0.15, -0.1) is 11.3 Å². The van der Waals surface area contributed by atoms with E-state index in [1.165, 1.54) is 29.2 Å². The zero-order chi connectivity index (χ0) is 24.0. The van der Waals surface area contributed by atoms with E-state index >= 15 is 0 Å². The quantitative estimate of drug-likeness (QED) is 0.300. The van der Waals surface area contributed by atoms with Gasteiger partial charge in [-0.25, -0.2) is 4.98 Å². The average molecular weight is 463 g/mol. The van der Waals surface area contributed by atoms with Crippen LogP contribution in [0, 0.1) is 13.8 Å². The molecule has 0 aliphatic carbocycles. The van der Waals surface area contributed by atoms with E-state index in [4.69, 9.17) is 0 Å². The fourth-order valence-electron chi connectivity index (χ4n) is 3.15. The van der Waals surface area contributed by atoms with Crippen LogP contribution in [0.25, 0.3) is 6.08 Å². The van der Waals surface area contributed by atoms with Crippen LogP contribution >= 0.6 is 11.3 Å². The summed E-state index contributed by atoms with van der Waals surface area (Å²) in [7, 11) is 0. The fourth-order valence-corrected chi connectivity index (χ4v) is 4.04.